The largest absolute Gasteiger partial charge is 0.337 e. The molecule has 108 valence electrons. The number of fused-ring (bicyclic) bond motifs is 1. The zero-order chi connectivity index (χ0) is 14.7. The monoisotopic (exact) mass is 300 g/mol. The lowest BCUT2D eigenvalue weighted by Crippen LogP contribution is -2.11. The lowest BCUT2D eigenvalue weighted by atomic mass is 10.2. The van der Waals surface area contributed by atoms with Crippen molar-refractivity contribution in [1.29, 1.82) is 0 Å². The molecule has 3 rings (SSSR count). The Labute approximate surface area is 126 Å². The van der Waals surface area contributed by atoms with Gasteiger partial charge in [0.05, 0.1) is 11.6 Å². The van der Waals surface area contributed by atoms with Crippen LogP contribution in [0.25, 0.3) is 22.4 Å². The maximum Gasteiger partial charge on any atom is 0.243 e. The molecule has 0 saturated heterocycles. The smallest absolute Gasteiger partial charge is 0.243 e. The number of para-hydroxylation sites is 1. The number of nitrogens with zero attached hydrogens (tertiary/aromatic N) is 3. The average Bonchev–Trinajstić information content (AvgIpc) is 3.02. The van der Waals surface area contributed by atoms with E-state index >= 15 is 0 Å². The molecule has 2 aromatic heterocycles. The number of rotatable bonds is 5. The highest BCUT2D eigenvalue weighted by molar-refractivity contribution is 7.98. The van der Waals surface area contributed by atoms with Crippen LogP contribution in [0.2, 0.25) is 0 Å². The summed E-state index contributed by atoms with van der Waals surface area (Å²) in [5, 5.41) is 5.07. The van der Waals surface area contributed by atoms with Crippen molar-refractivity contribution in [3.63, 3.8) is 0 Å². The Morgan fingerprint density at radius 3 is 2.90 bits per heavy atom. The molecule has 0 fully saturated rings. The van der Waals surface area contributed by atoms with Crippen LogP contribution in [0.15, 0.2) is 40.9 Å². The number of nitrogens with two attached hydrogens (primary N) is 1. The van der Waals surface area contributed by atoms with Crippen molar-refractivity contribution in [2.24, 2.45) is 5.73 Å². The Kier molecular flexibility index (Phi) is 4.17. The van der Waals surface area contributed by atoms with E-state index in [0.717, 1.165) is 23.1 Å². The second-order valence-corrected chi connectivity index (χ2v) is 5.72. The third-order valence-corrected chi connectivity index (χ3v) is 3.86. The molecule has 0 amide bonds. The highest BCUT2D eigenvalue weighted by Gasteiger charge is 2.16. The van der Waals surface area contributed by atoms with E-state index in [-0.39, 0.29) is 6.04 Å². The predicted molar refractivity (Wildman–Crippen MR) is 85.0 cm³/mol. The summed E-state index contributed by atoms with van der Waals surface area (Å²) < 4.78 is 5.25. The fourth-order valence-corrected chi connectivity index (χ4v) is 2.54. The van der Waals surface area contributed by atoms with Crippen LogP contribution in [0.5, 0.6) is 0 Å². The minimum atomic E-state index is -0.223. The van der Waals surface area contributed by atoms with E-state index in [1.807, 2.05) is 42.7 Å². The molecule has 3 aromatic rings. The third kappa shape index (κ3) is 3.06. The number of benzene rings is 1. The Morgan fingerprint density at radius 1 is 1.19 bits per heavy atom. The van der Waals surface area contributed by atoms with Crippen molar-refractivity contribution in [2.75, 3.05) is 12.0 Å². The number of pyridine rings is 1. The molecule has 21 heavy (non-hydrogen) atoms. The summed E-state index contributed by atoms with van der Waals surface area (Å²) in [5.74, 6) is 1.91. The molecule has 0 bridgehead atoms. The molecule has 0 spiro atoms. The van der Waals surface area contributed by atoms with Gasteiger partial charge in [-0.1, -0.05) is 29.4 Å². The van der Waals surface area contributed by atoms with Crippen molar-refractivity contribution in [2.45, 2.75) is 12.5 Å². The molecule has 2 heterocycles. The van der Waals surface area contributed by atoms with Gasteiger partial charge in [-0.15, -0.1) is 0 Å². The molecule has 0 aliphatic heterocycles. The van der Waals surface area contributed by atoms with Crippen molar-refractivity contribution >= 4 is 22.7 Å². The van der Waals surface area contributed by atoms with Gasteiger partial charge in [-0.3, -0.25) is 0 Å². The van der Waals surface area contributed by atoms with E-state index in [4.69, 9.17) is 10.3 Å². The first-order chi connectivity index (χ1) is 10.3. The van der Waals surface area contributed by atoms with Crippen LogP contribution in [0.4, 0.5) is 0 Å². The molecule has 5 nitrogen and oxygen atoms in total. The van der Waals surface area contributed by atoms with Crippen LogP contribution in [-0.4, -0.2) is 27.1 Å². The minimum Gasteiger partial charge on any atom is -0.337 e. The maximum absolute atomic E-state index is 6.03. The summed E-state index contributed by atoms with van der Waals surface area (Å²) >= 11 is 1.75. The van der Waals surface area contributed by atoms with E-state index in [9.17, 15) is 0 Å². The predicted octanol–water partition coefficient (Wildman–Crippen LogP) is 3.04. The molecular formula is C15H16N4OS. The summed E-state index contributed by atoms with van der Waals surface area (Å²) in [6.07, 6.45) is 2.86. The van der Waals surface area contributed by atoms with Crippen molar-refractivity contribution in [3.05, 3.63) is 42.3 Å². The first-order valence-electron chi connectivity index (χ1n) is 6.72. The fourth-order valence-electron chi connectivity index (χ4n) is 2.05. The van der Waals surface area contributed by atoms with Crippen LogP contribution in [0.1, 0.15) is 18.4 Å². The second-order valence-electron chi connectivity index (χ2n) is 4.73. The Bertz CT molecular complexity index is 743. The van der Waals surface area contributed by atoms with E-state index in [2.05, 4.69) is 15.1 Å². The fraction of sp³-hybridized carbons (Fsp3) is 0.267. The van der Waals surface area contributed by atoms with Gasteiger partial charge >= 0.3 is 0 Å². The van der Waals surface area contributed by atoms with E-state index in [1.54, 1.807) is 11.8 Å². The zero-order valence-electron chi connectivity index (χ0n) is 11.7. The van der Waals surface area contributed by atoms with E-state index < -0.39 is 0 Å². The van der Waals surface area contributed by atoms with Crippen LogP contribution in [0.3, 0.4) is 0 Å². The highest BCUT2D eigenvalue weighted by Crippen LogP contribution is 2.21. The quantitative estimate of drug-likeness (QED) is 0.780. The van der Waals surface area contributed by atoms with Gasteiger partial charge in [0, 0.05) is 5.39 Å². The van der Waals surface area contributed by atoms with Crippen molar-refractivity contribution < 1.29 is 4.52 Å². The van der Waals surface area contributed by atoms with Crippen molar-refractivity contribution in [1.82, 2.24) is 15.1 Å². The summed E-state index contributed by atoms with van der Waals surface area (Å²) in [4.78, 5) is 8.92. The van der Waals surface area contributed by atoms with Crippen molar-refractivity contribution in [3.8, 4) is 11.5 Å². The van der Waals surface area contributed by atoms with Crippen LogP contribution in [-0.2, 0) is 0 Å². The molecule has 6 heteroatoms. The van der Waals surface area contributed by atoms with E-state index in [0.29, 0.717) is 17.4 Å². The molecule has 0 aliphatic carbocycles. The minimum absolute atomic E-state index is 0.223. The number of hydrogen-bond acceptors (Lipinski definition) is 6. The van der Waals surface area contributed by atoms with Gasteiger partial charge in [0.2, 0.25) is 11.7 Å². The van der Waals surface area contributed by atoms with Gasteiger partial charge in [-0.05, 0) is 30.6 Å². The summed E-state index contributed by atoms with van der Waals surface area (Å²) in [6, 6.07) is 11.6. The second kappa shape index (κ2) is 6.24. The lowest BCUT2D eigenvalue weighted by molar-refractivity contribution is 0.353. The average molecular weight is 300 g/mol. The Hall–Kier alpha value is -1.92. The number of hydrogen-bond donors (Lipinski definition) is 1. The number of thioether (sulfide) groups is 1. The SMILES string of the molecule is CSCC[C@H](N)c1nc(-c2ccc3ccccc3n2)no1. The highest BCUT2D eigenvalue weighted by atomic mass is 32.2. The summed E-state index contributed by atoms with van der Waals surface area (Å²) in [5.41, 5.74) is 7.64. The van der Waals surface area contributed by atoms with Gasteiger partial charge in [0.15, 0.2) is 0 Å². The zero-order valence-corrected chi connectivity index (χ0v) is 12.5. The molecule has 1 aromatic carbocycles. The molecule has 0 unspecified atom stereocenters. The molecule has 0 radical (unpaired) electrons. The van der Waals surface area contributed by atoms with Crippen LogP contribution in [0, 0.1) is 0 Å². The van der Waals surface area contributed by atoms with Gasteiger partial charge < -0.3 is 10.3 Å². The number of aromatic nitrogens is 3. The third-order valence-electron chi connectivity index (χ3n) is 3.22. The standard InChI is InChI=1S/C15H16N4OS/c1-21-9-8-11(16)15-18-14(19-20-15)13-7-6-10-4-2-3-5-12(10)17-13/h2-7,11H,8-9,16H2,1H3/t11-/m0/s1. The van der Waals surface area contributed by atoms with Gasteiger partial charge in [-0.25, -0.2) is 4.98 Å². The molecule has 0 aliphatic rings. The molecule has 2 N–H and O–H groups in total. The first kappa shape index (κ1) is 14.0. The van der Waals surface area contributed by atoms with Gasteiger partial charge in [0.1, 0.15) is 5.69 Å². The Balaban J connectivity index is 1.87. The summed E-state index contributed by atoms with van der Waals surface area (Å²) in [6.45, 7) is 0. The molecule has 1 atom stereocenters. The molecular weight excluding hydrogens is 284 g/mol. The maximum atomic E-state index is 6.03. The van der Waals surface area contributed by atoms with Crippen LogP contribution < -0.4 is 5.73 Å². The first-order valence-corrected chi connectivity index (χ1v) is 8.11. The lowest BCUT2D eigenvalue weighted by Gasteiger charge is -2.03. The van der Waals surface area contributed by atoms with Gasteiger partial charge in [0.25, 0.3) is 0 Å². The summed E-state index contributed by atoms with van der Waals surface area (Å²) in [7, 11) is 0. The molecule has 0 saturated carbocycles. The topological polar surface area (TPSA) is 77.8 Å². The normalized spacial score (nSPS) is 12.7. The van der Waals surface area contributed by atoms with Gasteiger partial charge in [-0.2, -0.15) is 16.7 Å². The Morgan fingerprint density at radius 2 is 2.05 bits per heavy atom. The van der Waals surface area contributed by atoms with Crippen LogP contribution >= 0.6 is 11.8 Å². The van der Waals surface area contributed by atoms with E-state index in [1.165, 1.54) is 0 Å².